The minimum atomic E-state index is -0.323. The topological polar surface area (TPSA) is 41.1 Å². The van der Waals surface area contributed by atoms with E-state index in [-0.39, 0.29) is 5.91 Å². The van der Waals surface area contributed by atoms with E-state index in [0.717, 1.165) is 11.1 Å². The zero-order valence-electron chi connectivity index (χ0n) is 13.7. The number of benzene rings is 2. The molecular formula is C19H20Cl2N2OS. The van der Waals surface area contributed by atoms with Crippen molar-refractivity contribution in [2.24, 2.45) is 0 Å². The zero-order chi connectivity index (χ0) is 17.6. The van der Waals surface area contributed by atoms with Crippen LogP contribution in [0.5, 0.6) is 0 Å². The van der Waals surface area contributed by atoms with Crippen LogP contribution in [0.15, 0.2) is 42.5 Å². The molecule has 2 aromatic rings. The van der Waals surface area contributed by atoms with Gasteiger partial charge in [0.2, 0.25) is 0 Å². The maximum atomic E-state index is 12.6. The summed E-state index contributed by atoms with van der Waals surface area (Å²) in [6.45, 7) is 0. The number of carbonyl (C=O) groups is 1. The molecule has 0 unspecified atom stereocenters. The van der Waals surface area contributed by atoms with E-state index in [0.29, 0.717) is 20.9 Å². The number of carbonyl (C=O) groups excluding carboxylic acids is 1. The highest BCUT2D eigenvalue weighted by Crippen LogP contribution is 2.34. The summed E-state index contributed by atoms with van der Waals surface area (Å²) in [5, 5.41) is 1.24. The lowest BCUT2D eigenvalue weighted by Crippen LogP contribution is -2.34. The van der Waals surface area contributed by atoms with E-state index >= 15 is 0 Å². The Morgan fingerprint density at radius 2 is 1.72 bits per heavy atom. The Morgan fingerprint density at radius 1 is 1.00 bits per heavy atom. The molecule has 132 valence electrons. The molecule has 0 aliphatic heterocycles. The van der Waals surface area contributed by atoms with Crippen molar-refractivity contribution < 1.29 is 4.79 Å². The van der Waals surface area contributed by atoms with Gasteiger partial charge in [0.15, 0.2) is 0 Å². The monoisotopic (exact) mass is 394 g/mol. The van der Waals surface area contributed by atoms with E-state index in [4.69, 9.17) is 23.2 Å². The van der Waals surface area contributed by atoms with E-state index in [1.807, 2.05) is 36.4 Å². The molecule has 2 N–H and O–H groups in total. The van der Waals surface area contributed by atoms with Gasteiger partial charge in [0.25, 0.3) is 5.91 Å². The first-order chi connectivity index (χ1) is 12.2. The summed E-state index contributed by atoms with van der Waals surface area (Å²) in [6.07, 6.45) is 6.17. The van der Waals surface area contributed by atoms with Crippen molar-refractivity contribution in [1.82, 2.24) is 10.3 Å². The largest absolute Gasteiger partial charge is 0.277 e. The first kappa shape index (κ1) is 18.6. The highest BCUT2D eigenvalue weighted by molar-refractivity contribution is 7.98. The van der Waals surface area contributed by atoms with Gasteiger partial charge < -0.3 is 0 Å². The Morgan fingerprint density at radius 3 is 2.44 bits per heavy atom. The molecule has 2 aromatic carbocycles. The number of amides is 1. The smallest absolute Gasteiger partial charge is 0.269 e. The summed E-state index contributed by atoms with van der Waals surface area (Å²) in [5.41, 5.74) is 4.74. The fourth-order valence-corrected chi connectivity index (χ4v) is 4.54. The second-order valence-electron chi connectivity index (χ2n) is 6.08. The molecule has 1 saturated carbocycles. The predicted molar refractivity (Wildman–Crippen MR) is 107 cm³/mol. The lowest BCUT2D eigenvalue weighted by molar-refractivity contribution is 0.0947. The third-order valence-electron chi connectivity index (χ3n) is 4.35. The van der Waals surface area contributed by atoms with Gasteiger partial charge in [0.1, 0.15) is 0 Å². The van der Waals surface area contributed by atoms with Crippen LogP contribution in [-0.2, 0) is 0 Å². The predicted octanol–water partition coefficient (Wildman–Crippen LogP) is 5.88. The third kappa shape index (κ3) is 4.70. The molecule has 25 heavy (non-hydrogen) atoms. The lowest BCUT2D eigenvalue weighted by atomic mass is 10.0. The van der Waals surface area contributed by atoms with Gasteiger partial charge in [-0.15, -0.1) is 0 Å². The molecule has 0 bridgehead atoms. The summed E-state index contributed by atoms with van der Waals surface area (Å²) in [7, 11) is 0. The van der Waals surface area contributed by atoms with Gasteiger partial charge in [0, 0.05) is 10.8 Å². The van der Waals surface area contributed by atoms with Crippen molar-refractivity contribution in [2.45, 2.75) is 37.4 Å². The van der Waals surface area contributed by atoms with Gasteiger partial charge in [-0.1, -0.05) is 90.8 Å². The van der Waals surface area contributed by atoms with Crippen molar-refractivity contribution in [1.29, 1.82) is 0 Å². The van der Waals surface area contributed by atoms with Gasteiger partial charge in [-0.05, 0) is 24.5 Å². The molecule has 1 fully saturated rings. The van der Waals surface area contributed by atoms with Crippen molar-refractivity contribution in [2.75, 3.05) is 0 Å². The molecule has 1 amide bonds. The number of nitrogens with one attached hydrogen (secondary N) is 2. The minimum Gasteiger partial charge on any atom is -0.277 e. The molecule has 0 spiro atoms. The van der Waals surface area contributed by atoms with Crippen LogP contribution >= 0.6 is 35.1 Å². The number of hydrogen-bond donors (Lipinski definition) is 2. The SMILES string of the molecule is O=C(NNSC1CCCCC1)c1c(Cl)ccc(-c2ccccc2)c1Cl. The van der Waals surface area contributed by atoms with Gasteiger partial charge in [-0.2, -0.15) is 4.83 Å². The fraction of sp³-hybridized carbons (Fsp3) is 0.316. The van der Waals surface area contributed by atoms with Gasteiger partial charge in [0.05, 0.1) is 15.6 Å². The molecule has 0 saturated heterocycles. The summed E-state index contributed by atoms with van der Waals surface area (Å²) < 4.78 is 0. The molecule has 1 aliphatic rings. The first-order valence-electron chi connectivity index (χ1n) is 8.41. The third-order valence-corrected chi connectivity index (χ3v) is 6.08. The molecule has 0 heterocycles. The normalized spacial score (nSPS) is 15.1. The van der Waals surface area contributed by atoms with E-state index in [2.05, 4.69) is 10.3 Å². The quantitative estimate of drug-likeness (QED) is 0.491. The van der Waals surface area contributed by atoms with Gasteiger partial charge in [-0.25, -0.2) is 0 Å². The number of rotatable bonds is 5. The summed E-state index contributed by atoms with van der Waals surface area (Å²) >= 11 is 14.3. The van der Waals surface area contributed by atoms with Crippen molar-refractivity contribution in [3.63, 3.8) is 0 Å². The van der Waals surface area contributed by atoms with Crippen molar-refractivity contribution in [3.8, 4) is 11.1 Å². The summed E-state index contributed by atoms with van der Waals surface area (Å²) in [5.74, 6) is -0.323. The van der Waals surface area contributed by atoms with Crippen LogP contribution in [0.2, 0.25) is 10.0 Å². The highest BCUT2D eigenvalue weighted by Gasteiger charge is 2.19. The Labute approximate surface area is 162 Å². The van der Waals surface area contributed by atoms with Gasteiger partial charge >= 0.3 is 0 Å². The molecule has 0 atom stereocenters. The molecule has 0 aromatic heterocycles. The second-order valence-corrected chi connectivity index (χ2v) is 7.98. The molecule has 1 aliphatic carbocycles. The molecule has 3 rings (SSSR count). The Hall–Kier alpha value is -1.20. The number of hydrogen-bond acceptors (Lipinski definition) is 3. The maximum absolute atomic E-state index is 12.6. The second kappa shape index (κ2) is 8.95. The molecule has 6 heteroatoms. The average molecular weight is 395 g/mol. The maximum Gasteiger partial charge on any atom is 0.269 e. The van der Waals surface area contributed by atoms with E-state index in [1.54, 1.807) is 18.0 Å². The van der Waals surface area contributed by atoms with Crippen molar-refractivity contribution in [3.05, 3.63) is 58.1 Å². The van der Waals surface area contributed by atoms with Crippen LogP contribution in [0.3, 0.4) is 0 Å². The van der Waals surface area contributed by atoms with Crippen LogP contribution in [-0.4, -0.2) is 11.2 Å². The van der Waals surface area contributed by atoms with E-state index < -0.39 is 0 Å². The summed E-state index contributed by atoms with van der Waals surface area (Å²) in [6, 6.07) is 13.3. The average Bonchev–Trinajstić information content (AvgIpc) is 2.63. The van der Waals surface area contributed by atoms with Crippen LogP contribution in [0.4, 0.5) is 0 Å². The standard InChI is InChI=1S/C19H20Cl2N2OS/c20-16-12-11-15(13-7-3-1-4-8-13)18(21)17(16)19(24)22-23-25-14-9-5-2-6-10-14/h1,3-4,7-8,11-12,14,23H,2,5-6,9-10H2,(H,22,24). The Kier molecular flexibility index (Phi) is 6.65. The first-order valence-corrected chi connectivity index (χ1v) is 10.0. The van der Waals surface area contributed by atoms with Crippen LogP contribution in [0.25, 0.3) is 11.1 Å². The van der Waals surface area contributed by atoms with Crippen LogP contribution in [0.1, 0.15) is 42.5 Å². The van der Waals surface area contributed by atoms with Crippen LogP contribution in [0, 0.1) is 0 Å². The number of halogens is 2. The van der Waals surface area contributed by atoms with E-state index in [9.17, 15) is 4.79 Å². The minimum absolute atomic E-state index is 0.293. The fourth-order valence-electron chi connectivity index (χ4n) is 3.01. The molecule has 0 radical (unpaired) electrons. The van der Waals surface area contributed by atoms with Crippen molar-refractivity contribution >= 4 is 41.1 Å². The number of hydrazine groups is 1. The van der Waals surface area contributed by atoms with E-state index in [1.165, 1.54) is 32.1 Å². The van der Waals surface area contributed by atoms with Crippen LogP contribution < -0.4 is 10.3 Å². The molecular weight excluding hydrogens is 375 g/mol. The Bertz CT molecular complexity index is 734. The highest BCUT2D eigenvalue weighted by atomic mass is 35.5. The lowest BCUT2D eigenvalue weighted by Gasteiger charge is -2.21. The molecule has 3 nitrogen and oxygen atoms in total. The van der Waals surface area contributed by atoms with Gasteiger partial charge in [-0.3, -0.25) is 10.2 Å². The zero-order valence-corrected chi connectivity index (χ0v) is 16.1. The Balaban J connectivity index is 1.71. The summed E-state index contributed by atoms with van der Waals surface area (Å²) in [4.78, 5) is 15.5.